The van der Waals surface area contributed by atoms with Crippen LogP contribution in [0.25, 0.3) is 17.1 Å². The summed E-state index contributed by atoms with van der Waals surface area (Å²) >= 11 is 7.34. The van der Waals surface area contributed by atoms with Crippen molar-refractivity contribution in [2.75, 3.05) is 19.5 Å². The average molecular weight is 495 g/mol. The summed E-state index contributed by atoms with van der Waals surface area (Å²) in [6.45, 7) is 1.82. The first-order valence-corrected chi connectivity index (χ1v) is 11.7. The molecule has 0 saturated heterocycles. The predicted molar refractivity (Wildman–Crippen MR) is 135 cm³/mol. The lowest BCUT2D eigenvalue weighted by Gasteiger charge is -2.15. The largest absolute Gasteiger partial charge is 0.497 e. The van der Waals surface area contributed by atoms with Crippen molar-refractivity contribution in [1.29, 1.82) is 0 Å². The number of thioether (sulfide) groups is 1. The Bertz CT molecular complexity index is 1290. The SMILES string of the molecule is COc1ccc(-n2c(S[C@H](C)C(=O)Nc3cccc(Cl)c3)nnc2-c2ccccc2OC)cc1. The van der Waals surface area contributed by atoms with Gasteiger partial charge >= 0.3 is 0 Å². The number of carbonyl (C=O) groups is 1. The summed E-state index contributed by atoms with van der Waals surface area (Å²) in [4.78, 5) is 12.9. The van der Waals surface area contributed by atoms with E-state index in [-0.39, 0.29) is 5.91 Å². The van der Waals surface area contributed by atoms with Gasteiger partial charge in [-0.15, -0.1) is 10.2 Å². The molecule has 0 spiro atoms. The van der Waals surface area contributed by atoms with Crippen molar-refractivity contribution in [3.63, 3.8) is 0 Å². The number of benzene rings is 3. The molecule has 0 bridgehead atoms. The van der Waals surface area contributed by atoms with E-state index in [1.807, 2.05) is 60.0 Å². The number of ether oxygens (including phenoxy) is 2. The first-order valence-electron chi connectivity index (χ1n) is 10.5. The van der Waals surface area contributed by atoms with E-state index in [0.29, 0.717) is 27.4 Å². The second kappa shape index (κ2) is 10.6. The molecule has 0 aliphatic rings. The number of carbonyl (C=O) groups excluding carboxylic acids is 1. The van der Waals surface area contributed by atoms with Gasteiger partial charge in [0.05, 0.1) is 30.7 Å². The summed E-state index contributed by atoms with van der Waals surface area (Å²) in [5.41, 5.74) is 2.25. The fourth-order valence-electron chi connectivity index (χ4n) is 3.34. The van der Waals surface area contributed by atoms with Crippen LogP contribution in [0.15, 0.2) is 78.0 Å². The molecule has 0 unspecified atom stereocenters. The van der Waals surface area contributed by atoms with Crippen LogP contribution in [0.2, 0.25) is 5.02 Å². The van der Waals surface area contributed by atoms with E-state index in [0.717, 1.165) is 17.0 Å². The van der Waals surface area contributed by atoms with Gasteiger partial charge in [-0.2, -0.15) is 0 Å². The molecule has 1 N–H and O–H groups in total. The van der Waals surface area contributed by atoms with Crippen LogP contribution in [0, 0.1) is 0 Å². The lowest BCUT2D eigenvalue weighted by molar-refractivity contribution is -0.115. The number of nitrogens with one attached hydrogen (secondary N) is 1. The molecule has 1 atom stereocenters. The maximum atomic E-state index is 12.9. The zero-order valence-corrected chi connectivity index (χ0v) is 20.4. The van der Waals surface area contributed by atoms with Crippen molar-refractivity contribution in [3.05, 3.63) is 77.8 Å². The third-order valence-corrected chi connectivity index (χ3v) is 6.33. The van der Waals surface area contributed by atoms with Gasteiger partial charge in [0.1, 0.15) is 11.5 Å². The van der Waals surface area contributed by atoms with Gasteiger partial charge in [-0.25, -0.2) is 0 Å². The molecule has 4 aromatic rings. The van der Waals surface area contributed by atoms with Crippen LogP contribution in [0.4, 0.5) is 5.69 Å². The monoisotopic (exact) mass is 494 g/mol. The molecular weight excluding hydrogens is 472 g/mol. The fourth-order valence-corrected chi connectivity index (χ4v) is 4.39. The van der Waals surface area contributed by atoms with Gasteiger partial charge in [0, 0.05) is 10.7 Å². The van der Waals surface area contributed by atoms with E-state index in [1.54, 1.807) is 38.5 Å². The van der Waals surface area contributed by atoms with Gasteiger partial charge in [-0.05, 0) is 61.5 Å². The highest BCUT2D eigenvalue weighted by Crippen LogP contribution is 2.35. The van der Waals surface area contributed by atoms with Crippen LogP contribution in [0.5, 0.6) is 11.5 Å². The highest BCUT2D eigenvalue weighted by molar-refractivity contribution is 8.00. The summed E-state index contributed by atoms with van der Waals surface area (Å²) in [7, 11) is 3.24. The number of anilines is 1. The first-order chi connectivity index (χ1) is 16.5. The van der Waals surface area contributed by atoms with Gasteiger partial charge in [0.2, 0.25) is 5.91 Å². The molecule has 1 aromatic heterocycles. The quantitative estimate of drug-likeness (QED) is 0.315. The third-order valence-electron chi connectivity index (χ3n) is 5.06. The van der Waals surface area contributed by atoms with Gasteiger partial charge in [0.25, 0.3) is 0 Å². The van der Waals surface area contributed by atoms with Crippen LogP contribution < -0.4 is 14.8 Å². The molecule has 4 rings (SSSR count). The van der Waals surface area contributed by atoms with Crippen LogP contribution in [-0.2, 0) is 4.79 Å². The molecule has 9 heteroatoms. The number of amides is 1. The number of aromatic nitrogens is 3. The summed E-state index contributed by atoms with van der Waals surface area (Å²) in [5, 5.41) is 12.4. The van der Waals surface area contributed by atoms with Crippen LogP contribution in [-0.4, -0.2) is 40.1 Å². The standard InChI is InChI=1S/C25H23ClN4O3S/c1-16(24(31)27-18-8-6-7-17(26)15-18)34-25-29-28-23(21-9-4-5-10-22(21)33-3)30(25)19-11-13-20(32-2)14-12-19/h4-16H,1-3H3,(H,27,31)/t16-/m1/s1. The lowest BCUT2D eigenvalue weighted by Crippen LogP contribution is -2.22. The maximum absolute atomic E-state index is 12.9. The van der Waals surface area contributed by atoms with Crippen molar-refractivity contribution in [3.8, 4) is 28.6 Å². The maximum Gasteiger partial charge on any atom is 0.237 e. The minimum atomic E-state index is -0.453. The molecule has 1 heterocycles. The highest BCUT2D eigenvalue weighted by Gasteiger charge is 2.23. The first kappa shape index (κ1) is 23.7. The summed E-state index contributed by atoms with van der Waals surface area (Å²) < 4.78 is 12.8. The number of rotatable bonds is 8. The van der Waals surface area contributed by atoms with Crippen molar-refractivity contribution < 1.29 is 14.3 Å². The van der Waals surface area contributed by atoms with Crippen molar-refractivity contribution in [2.45, 2.75) is 17.3 Å². The molecule has 0 aliphatic heterocycles. The number of nitrogens with zero attached hydrogens (tertiary/aromatic N) is 3. The number of hydrogen-bond acceptors (Lipinski definition) is 6. The van der Waals surface area contributed by atoms with Crippen molar-refractivity contribution >= 4 is 35.0 Å². The molecule has 174 valence electrons. The number of methoxy groups -OCH3 is 2. The summed E-state index contributed by atoms with van der Waals surface area (Å²) in [6.07, 6.45) is 0. The third kappa shape index (κ3) is 5.18. The van der Waals surface area contributed by atoms with E-state index >= 15 is 0 Å². The summed E-state index contributed by atoms with van der Waals surface area (Å²) in [5.74, 6) is 1.84. The zero-order valence-electron chi connectivity index (χ0n) is 18.9. The average Bonchev–Trinajstić information content (AvgIpc) is 3.27. The van der Waals surface area contributed by atoms with E-state index in [9.17, 15) is 4.79 Å². The Morgan fingerprint density at radius 3 is 2.47 bits per heavy atom. The Morgan fingerprint density at radius 2 is 1.76 bits per heavy atom. The minimum Gasteiger partial charge on any atom is -0.497 e. The molecule has 0 fully saturated rings. The summed E-state index contributed by atoms with van der Waals surface area (Å²) in [6, 6.07) is 22.2. The van der Waals surface area contributed by atoms with Crippen LogP contribution >= 0.6 is 23.4 Å². The number of halogens is 1. The molecular formula is C25H23ClN4O3S. The van der Waals surface area contributed by atoms with Gasteiger partial charge in [0.15, 0.2) is 11.0 Å². The molecule has 3 aromatic carbocycles. The smallest absolute Gasteiger partial charge is 0.237 e. The van der Waals surface area contributed by atoms with Gasteiger partial charge in [-0.3, -0.25) is 9.36 Å². The second-order valence-electron chi connectivity index (χ2n) is 7.30. The van der Waals surface area contributed by atoms with E-state index in [1.165, 1.54) is 11.8 Å². The minimum absolute atomic E-state index is 0.171. The van der Waals surface area contributed by atoms with E-state index in [4.69, 9.17) is 21.1 Å². The van der Waals surface area contributed by atoms with E-state index < -0.39 is 5.25 Å². The molecule has 0 saturated carbocycles. The van der Waals surface area contributed by atoms with Gasteiger partial charge in [-0.1, -0.05) is 41.6 Å². The molecule has 34 heavy (non-hydrogen) atoms. The van der Waals surface area contributed by atoms with Crippen LogP contribution in [0.3, 0.4) is 0 Å². The second-order valence-corrected chi connectivity index (χ2v) is 9.04. The highest BCUT2D eigenvalue weighted by atomic mass is 35.5. The molecule has 0 radical (unpaired) electrons. The van der Waals surface area contributed by atoms with Crippen molar-refractivity contribution in [1.82, 2.24) is 14.8 Å². The molecule has 1 amide bonds. The Morgan fingerprint density at radius 1 is 1.00 bits per heavy atom. The Hall–Kier alpha value is -3.49. The zero-order chi connectivity index (χ0) is 24.1. The number of hydrogen-bond donors (Lipinski definition) is 1. The van der Waals surface area contributed by atoms with Crippen LogP contribution in [0.1, 0.15) is 6.92 Å². The molecule has 7 nitrogen and oxygen atoms in total. The topological polar surface area (TPSA) is 78.3 Å². The Kier molecular flexibility index (Phi) is 7.40. The predicted octanol–water partition coefficient (Wildman–Crippen LogP) is 5.72. The Balaban J connectivity index is 1.69. The number of para-hydroxylation sites is 1. The molecule has 0 aliphatic carbocycles. The normalized spacial score (nSPS) is 11.6. The van der Waals surface area contributed by atoms with Crippen molar-refractivity contribution in [2.24, 2.45) is 0 Å². The van der Waals surface area contributed by atoms with Gasteiger partial charge < -0.3 is 14.8 Å². The lowest BCUT2D eigenvalue weighted by atomic mass is 10.2. The Labute approximate surface area is 207 Å². The van der Waals surface area contributed by atoms with E-state index in [2.05, 4.69) is 15.5 Å². The fraction of sp³-hybridized carbons (Fsp3) is 0.160.